The number of benzene rings is 2. The minimum absolute atomic E-state index is 0.0901. The van der Waals surface area contributed by atoms with Gasteiger partial charge in [-0.05, 0) is 51.1 Å². The number of hydrogen-bond acceptors (Lipinski definition) is 5. The second-order valence-corrected chi connectivity index (χ2v) is 8.49. The van der Waals surface area contributed by atoms with Gasteiger partial charge in [-0.15, -0.1) is 0 Å². The van der Waals surface area contributed by atoms with Crippen LogP contribution >= 0.6 is 11.6 Å². The number of sulfonamides is 1. The monoisotopic (exact) mass is 421 g/mol. The van der Waals surface area contributed by atoms with Crippen LogP contribution < -0.4 is 9.46 Å². The minimum atomic E-state index is -3.93. The van der Waals surface area contributed by atoms with Crippen molar-refractivity contribution >= 4 is 27.6 Å². The van der Waals surface area contributed by atoms with Gasteiger partial charge in [0.2, 0.25) is 10.0 Å². The number of fused-ring (bicyclic) bond motifs is 1. The fourth-order valence-electron chi connectivity index (χ4n) is 2.95. The van der Waals surface area contributed by atoms with Crippen molar-refractivity contribution in [1.29, 1.82) is 0 Å². The third kappa shape index (κ3) is 4.06. The van der Waals surface area contributed by atoms with Crippen molar-refractivity contribution in [2.75, 3.05) is 6.61 Å². The fourth-order valence-corrected chi connectivity index (χ4v) is 4.32. The molecule has 0 saturated heterocycles. The summed E-state index contributed by atoms with van der Waals surface area (Å²) in [5.74, 6) is 0.0404. The third-order valence-corrected chi connectivity index (χ3v) is 5.99. The van der Waals surface area contributed by atoms with Crippen LogP contribution in [-0.2, 0) is 19.6 Å². The number of ether oxygens (including phenoxy) is 2. The quantitative estimate of drug-likeness (QED) is 0.740. The molecule has 1 heterocycles. The number of rotatable bonds is 5. The van der Waals surface area contributed by atoms with Gasteiger partial charge in [-0.3, -0.25) is 0 Å². The van der Waals surface area contributed by atoms with E-state index < -0.39 is 22.0 Å². The molecule has 0 fully saturated rings. The lowest BCUT2D eigenvalue weighted by Crippen LogP contribution is -2.35. The summed E-state index contributed by atoms with van der Waals surface area (Å²) < 4.78 is 39.4. The molecule has 3 rings (SSSR count). The fraction of sp³-hybridized carbons (Fsp3) is 0.250. The predicted molar refractivity (Wildman–Crippen MR) is 106 cm³/mol. The molecule has 1 N–H and O–H groups in total. The largest absolute Gasteiger partial charge is 0.462 e. The molecule has 6 nitrogen and oxygen atoms in total. The maximum Gasteiger partial charge on any atom is 0.339 e. The molecule has 148 valence electrons. The lowest BCUT2D eigenvalue weighted by atomic mass is 9.95. The van der Waals surface area contributed by atoms with E-state index in [1.54, 1.807) is 44.2 Å². The van der Waals surface area contributed by atoms with Gasteiger partial charge in [0.25, 0.3) is 0 Å². The normalized spacial score (nSPS) is 16.4. The lowest BCUT2D eigenvalue weighted by Gasteiger charge is -2.29. The Kier molecular flexibility index (Phi) is 5.79. The van der Waals surface area contributed by atoms with E-state index in [1.807, 2.05) is 6.92 Å². The number of allylic oxidation sites excluding steroid dienone is 1. The van der Waals surface area contributed by atoms with Gasteiger partial charge in [0, 0.05) is 10.6 Å². The zero-order valence-corrected chi connectivity index (χ0v) is 17.2. The van der Waals surface area contributed by atoms with Gasteiger partial charge in [0.1, 0.15) is 11.5 Å². The molecule has 1 atom stereocenters. The summed E-state index contributed by atoms with van der Waals surface area (Å²) in [6.07, 6.45) is 0. The highest BCUT2D eigenvalue weighted by Gasteiger charge is 2.36. The van der Waals surface area contributed by atoms with Crippen LogP contribution in [0.3, 0.4) is 0 Å². The summed E-state index contributed by atoms with van der Waals surface area (Å²) in [6, 6.07) is 10.3. The highest BCUT2D eigenvalue weighted by Crippen LogP contribution is 2.40. The number of carbonyl (C=O) groups is 1. The molecule has 0 amide bonds. The van der Waals surface area contributed by atoms with Gasteiger partial charge < -0.3 is 9.47 Å². The summed E-state index contributed by atoms with van der Waals surface area (Å²) in [5.41, 5.74) is 1.47. The smallest absolute Gasteiger partial charge is 0.339 e. The highest BCUT2D eigenvalue weighted by molar-refractivity contribution is 7.89. The number of carbonyl (C=O) groups excluding carboxylic acids is 1. The Balaban J connectivity index is 2.09. The molecule has 2 aromatic rings. The average Bonchev–Trinajstić information content (AvgIpc) is 2.62. The van der Waals surface area contributed by atoms with E-state index in [4.69, 9.17) is 21.1 Å². The third-order valence-electron chi connectivity index (χ3n) is 4.31. The molecule has 0 spiro atoms. The molecule has 1 aliphatic rings. The second kappa shape index (κ2) is 7.95. The summed E-state index contributed by atoms with van der Waals surface area (Å²) >= 11 is 6.11. The lowest BCUT2D eigenvalue weighted by molar-refractivity contribution is -0.139. The van der Waals surface area contributed by atoms with E-state index in [0.717, 1.165) is 5.56 Å². The Morgan fingerprint density at radius 2 is 1.86 bits per heavy atom. The van der Waals surface area contributed by atoms with E-state index >= 15 is 0 Å². The second-order valence-electron chi connectivity index (χ2n) is 6.34. The van der Waals surface area contributed by atoms with Crippen molar-refractivity contribution in [2.45, 2.75) is 31.7 Å². The molecule has 1 aliphatic heterocycles. The Morgan fingerprint density at radius 1 is 1.18 bits per heavy atom. The van der Waals surface area contributed by atoms with Gasteiger partial charge >= 0.3 is 5.97 Å². The van der Waals surface area contributed by atoms with Crippen LogP contribution in [0.4, 0.5) is 0 Å². The first-order valence-electron chi connectivity index (χ1n) is 8.67. The molecule has 0 bridgehead atoms. The molecule has 0 radical (unpaired) electrons. The van der Waals surface area contributed by atoms with Crippen LogP contribution in [0.25, 0.3) is 0 Å². The number of esters is 1. The van der Waals surface area contributed by atoms with E-state index in [1.165, 1.54) is 12.1 Å². The van der Waals surface area contributed by atoms with Crippen molar-refractivity contribution in [3.8, 4) is 5.75 Å². The van der Waals surface area contributed by atoms with Crippen LogP contribution in [0.1, 0.15) is 31.0 Å². The molecule has 0 unspecified atom stereocenters. The van der Waals surface area contributed by atoms with E-state index in [-0.39, 0.29) is 22.8 Å². The highest BCUT2D eigenvalue weighted by atomic mass is 35.5. The van der Waals surface area contributed by atoms with Crippen molar-refractivity contribution in [1.82, 2.24) is 4.72 Å². The van der Waals surface area contributed by atoms with Gasteiger partial charge in [-0.1, -0.05) is 29.3 Å². The molecule has 0 aromatic heterocycles. The SMILES string of the molecule is CCOC(=O)C1=C(C)Oc2ccc(Cl)cc2[C@H]1NS(=O)(=O)c1ccc(C)cc1. The topological polar surface area (TPSA) is 81.7 Å². The molecule has 2 aromatic carbocycles. The summed E-state index contributed by atoms with van der Waals surface area (Å²) in [7, 11) is -3.93. The maximum absolute atomic E-state index is 13.0. The maximum atomic E-state index is 13.0. The Labute approximate surface area is 169 Å². The average molecular weight is 422 g/mol. The van der Waals surface area contributed by atoms with E-state index in [2.05, 4.69) is 4.72 Å². The van der Waals surface area contributed by atoms with Crippen LogP contribution in [-0.4, -0.2) is 21.0 Å². The van der Waals surface area contributed by atoms with Crippen molar-refractivity contribution in [2.24, 2.45) is 0 Å². The van der Waals surface area contributed by atoms with Gasteiger partial charge in [0.05, 0.1) is 23.1 Å². The number of aryl methyl sites for hydroxylation is 1. The van der Waals surface area contributed by atoms with Gasteiger partial charge in [-0.2, -0.15) is 4.72 Å². The van der Waals surface area contributed by atoms with Crippen LogP contribution in [0.15, 0.2) is 58.7 Å². The Morgan fingerprint density at radius 3 is 2.50 bits per heavy atom. The zero-order chi connectivity index (χ0) is 20.5. The first-order chi connectivity index (χ1) is 13.2. The standard InChI is InChI=1S/C20H20ClNO5S/c1-4-26-20(23)18-13(3)27-17-10-7-14(21)11-16(17)19(18)22-28(24,25)15-8-5-12(2)6-9-15/h5-11,19,22H,4H2,1-3H3/t19-/m1/s1. The number of nitrogens with one attached hydrogen (secondary N) is 1. The van der Waals surface area contributed by atoms with Crippen LogP contribution in [0.5, 0.6) is 5.75 Å². The van der Waals surface area contributed by atoms with Crippen LogP contribution in [0.2, 0.25) is 5.02 Å². The van der Waals surface area contributed by atoms with Crippen molar-refractivity contribution in [3.05, 3.63) is 69.9 Å². The zero-order valence-electron chi connectivity index (χ0n) is 15.7. The van der Waals surface area contributed by atoms with Crippen molar-refractivity contribution in [3.63, 3.8) is 0 Å². The van der Waals surface area contributed by atoms with E-state index in [9.17, 15) is 13.2 Å². The molecule has 0 saturated carbocycles. The number of halogens is 1. The van der Waals surface area contributed by atoms with E-state index in [0.29, 0.717) is 16.3 Å². The predicted octanol–water partition coefficient (Wildman–Crippen LogP) is 3.90. The Hall–Kier alpha value is -2.35. The minimum Gasteiger partial charge on any atom is -0.462 e. The Bertz CT molecular complexity index is 1040. The molecular weight excluding hydrogens is 402 g/mol. The summed E-state index contributed by atoms with van der Waals surface area (Å²) in [6.45, 7) is 5.28. The van der Waals surface area contributed by atoms with Gasteiger partial charge in [-0.25, -0.2) is 13.2 Å². The first kappa shape index (κ1) is 20.4. The summed E-state index contributed by atoms with van der Waals surface area (Å²) in [4.78, 5) is 12.6. The van der Waals surface area contributed by atoms with Crippen molar-refractivity contribution < 1.29 is 22.7 Å². The molecular formula is C20H20ClNO5S. The number of hydrogen-bond donors (Lipinski definition) is 1. The molecule has 8 heteroatoms. The summed E-state index contributed by atoms with van der Waals surface area (Å²) in [5, 5.41) is 0.393. The molecule has 0 aliphatic carbocycles. The first-order valence-corrected chi connectivity index (χ1v) is 10.5. The van der Waals surface area contributed by atoms with Gasteiger partial charge in [0.15, 0.2) is 0 Å². The van der Waals surface area contributed by atoms with Crippen LogP contribution in [0, 0.1) is 6.92 Å². The molecule has 28 heavy (non-hydrogen) atoms.